The van der Waals surface area contributed by atoms with Gasteiger partial charge in [0.1, 0.15) is 0 Å². The molecule has 0 aliphatic carbocycles. The molecule has 1 rings (SSSR count). The molecule has 1 heterocycles. The van der Waals surface area contributed by atoms with Gasteiger partial charge in [-0.1, -0.05) is 33.1 Å². The van der Waals surface area contributed by atoms with Crippen LogP contribution in [0.3, 0.4) is 0 Å². The molecule has 0 bridgehead atoms. The Balaban J connectivity index is 2.60. The lowest BCUT2D eigenvalue weighted by Crippen LogP contribution is -1.99. The predicted molar refractivity (Wildman–Crippen MR) is 62.3 cm³/mol. The van der Waals surface area contributed by atoms with Crippen molar-refractivity contribution < 1.29 is 4.74 Å². The molecule has 0 aliphatic heterocycles. The van der Waals surface area contributed by atoms with Crippen molar-refractivity contribution in [3.63, 3.8) is 0 Å². The topological polar surface area (TPSA) is 27.1 Å². The van der Waals surface area contributed by atoms with E-state index in [2.05, 4.69) is 18.9 Å². The Labute approximate surface area is 92.4 Å². The maximum atomic E-state index is 5.34. The first kappa shape index (κ1) is 12.1. The molecule has 86 valence electrons. The number of hydrogen-bond acceptors (Lipinski definition) is 2. The Kier molecular flexibility index (Phi) is 4.66. The fourth-order valence-corrected chi connectivity index (χ4v) is 1.89. The minimum absolute atomic E-state index is 0.542. The zero-order valence-electron chi connectivity index (χ0n) is 10.3. The van der Waals surface area contributed by atoms with Crippen molar-refractivity contribution in [2.24, 2.45) is 7.05 Å². The lowest BCUT2D eigenvalue weighted by atomic mass is 9.97. The number of ether oxygens (including phenoxy) is 1. The standard InChI is InChI=1S/C12H22N2O/c1-5-6-7-8-10(2)11-9-13-14(3)12(11)15-4/h9-10H,5-8H2,1-4H3. The number of aromatic nitrogens is 2. The van der Waals surface area contributed by atoms with E-state index in [-0.39, 0.29) is 0 Å². The summed E-state index contributed by atoms with van der Waals surface area (Å²) in [6, 6.07) is 0. The Hall–Kier alpha value is -0.990. The van der Waals surface area contributed by atoms with E-state index >= 15 is 0 Å². The highest BCUT2D eigenvalue weighted by Gasteiger charge is 2.14. The first-order valence-corrected chi connectivity index (χ1v) is 5.76. The smallest absolute Gasteiger partial charge is 0.214 e. The molecule has 0 saturated heterocycles. The van der Waals surface area contributed by atoms with Gasteiger partial charge in [-0.05, 0) is 12.3 Å². The fourth-order valence-electron chi connectivity index (χ4n) is 1.89. The molecule has 0 aliphatic rings. The molecule has 0 N–H and O–H groups in total. The van der Waals surface area contributed by atoms with Crippen LogP contribution in [0.5, 0.6) is 5.88 Å². The summed E-state index contributed by atoms with van der Waals surface area (Å²) in [4.78, 5) is 0. The monoisotopic (exact) mass is 210 g/mol. The lowest BCUT2D eigenvalue weighted by Gasteiger charge is -2.11. The van der Waals surface area contributed by atoms with E-state index in [1.165, 1.54) is 31.2 Å². The Morgan fingerprint density at radius 3 is 2.80 bits per heavy atom. The maximum absolute atomic E-state index is 5.34. The molecular weight excluding hydrogens is 188 g/mol. The minimum atomic E-state index is 0.542. The molecular formula is C12H22N2O. The van der Waals surface area contributed by atoms with Crippen LogP contribution in [0.15, 0.2) is 6.20 Å². The van der Waals surface area contributed by atoms with Gasteiger partial charge in [0.25, 0.3) is 0 Å². The van der Waals surface area contributed by atoms with Gasteiger partial charge in [0, 0.05) is 12.6 Å². The maximum Gasteiger partial charge on any atom is 0.214 e. The third kappa shape index (κ3) is 2.98. The van der Waals surface area contributed by atoms with Gasteiger partial charge in [-0.25, -0.2) is 4.68 Å². The van der Waals surface area contributed by atoms with Gasteiger partial charge in [0.15, 0.2) is 0 Å². The molecule has 15 heavy (non-hydrogen) atoms. The second-order valence-corrected chi connectivity index (χ2v) is 4.13. The van der Waals surface area contributed by atoms with Crippen molar-refractivity contribution in [1.82, 2.24) is 9.78 Å². The first-order valence-electron chi connectivity index (χ1n) is 5.76. The number of aryl methyl sites for hydroxylation is 1. The van der Waals surface area contributed by atoms with Crippen molar-refractivity contribution in [1.29, 1.82) is 0 Å². The molecule has 0 radical (unpaired) electrons. The van der Waals surface area contributed by atoms with Crippen LogP contribution in [-0.2, 0) is 7.05 Å². The zero-order valence-corrected chi connectivity index (χ0v) is 10.3. The summed E-state index contributed by atoms with van der Waals surface area (Å²) >= 11 is 0. The summed E-state index contributed by atoms with van der Waals surface area (Å²) in [5, 5.41) is 4.23. The average molecular weight is 210 g/mol. The van der Waals surface area contributed by atoms with Gasteiger partial charge in [-0.15, -0.1) is 0 Å². The summed E-state index contributed by atoms with van der Waals surface area (Å²) < 4.78 is 7.14. The largest absolute Gasteiger partial charge is 0.481 e. The van der Waals surface area contributed by atoms with E-state index in [0.29, 0.717) is 5.92 Å². The molecule has 0 fully saturated rings. The number of unbranched alkanes of at least 4 members (excludes halogenated alkanes) is 2. The molecule has 1 aromatic rings. The van der Waals surface area contributed by atoms with Crippen LogP contribution in [0.2, 0.25) is 0 Å². The van der Waals surface area contributed by atoms with Crippen molar-refractivity contribution >= 4 is 0 Å². The molecule has 0 aromatic carbocycles. The van der Waals surface area contributed by atoms with Crippen molar-refractivity contribution in [3.05, 3.63) is 11.8 Å². The van der Waals surface area contributed by atoms with Gasteiger partial charge in [0.05, 0.1) is 13.3 Å². The van der Waals surface area contributed by atoms with E-state index < -0.39 is 0 Å². The van der Waals surface area contributed by atoms with E-state index in [1.807, 2.05) is 13.2 Å². The molecule has 1 aromatic heterocycles. The fraction of sp³-hybridized carbons (Fsp3) is 0.750. The van der Waals surface area contributed by atoms with E-state index in [9.17, 15) is 0 Å². The summed E-state index contributed by atoms with van der Waals surface area (Å²) in [6.45, 7) is 4.48. The van der Waals surface area contributed by atoms with Gasteiger partial charge in [0.2, 0.25) is 5.88 Å². The highest BCUT2D eigenvalue weighted by molar-refractivity contribution is 5.27. The quantitative estimate of drug-likeness (QED) is 0.674. The second-order valence-electron chi connectivity index (χ2n) is 4.13. The SMILES string of the molecule is CCCCCC(C)c1cnn(C)c1OC. The van der Waals surface area contributed by atoms with Crippen molar-refractivity contribution in [2.45, 2.75) is 45.4 Å². The minimum Gasteiger partial charge on any atom is -0.481 e. The van der Waals surface area contributed by atoms with Crippen LogP contribution in [0.1, 0.15) is 51.0 Å². The van der Waals surface area contributed by atoms with Gasteiger partial charge in [-0.3, -0.25) is 0 Å². The Morgan fingerprint density at radius 2 is 2.20 bits per heavy atom. The van der Waals surface area contributed by atoms with Gasteiger partial charge >= 0.3 is 0 Å². The molecule has 3 nitrogen and oxygen atoms in total. The second kappa shape index (κ2) is 5.79. The van der Waals surface area contributed by atoms with Crippen LogP contribution in [0, 0.1) is 0 Å². The summed E-state index contributed by atoms with van der Waals surface area (Å²) in [6.07, 6.45) is 7.02. The molecule has 3 heteroatoms. The average Bonchev–Trinajstić information content (AvgIpc) is 2.59. The predicted octanol–water partition coefficient (Wildman–Crippen LogP) is 3.11. The van der Waals surface area contributed by atoms with Crippen LogP contribution in [0.25, 0.3) is 0 Å². The van der Waals surface area contributed by atoms with Crippen LogP contribution < -0.4 is 4.74 Å². The van der Waals surface area contributed by atoms with E-state index in [1.54, 1.807) is 11.8 Å². The highest BCUT2D eigenvalue weighted by atomic mass is 16.5. The molecule has 0 saturated carbocycles. The number of nitrogens with zero attached hydrogens (tertiary/aromatic N) is 2. The van der Waals surface area contributed by atoms with Crippen LogP contribution in [0.4, 0.5) is 0 Å². The third-order valence-corrected chi connectivity index (χ3v) is 2.88. The molecule has 0 spiro atoms. The van der Waals surface area contributed by atoms with Crippen LogP contribution in [-0.4, -0.2) is 16.9 Å². The Bertz CT molecular complexity index is 294. The molecule has 1 unspecified atom stereocenters. The third-order valence-electron chi connectivity index (χ3n) is 2.88. The van der Waals surface area contributed by atoms with Crippen molar-refractivity contribution in [2.75, 3.05) is 7.11 Å². The number of rotatable bonds is 6. The first-order chi connectivity index (χ1) is 7.20. The lowest BCUT2D eigenvalue weighted by molar-refractivity contribution is 0.365. The molecule has 0 amide bonds. The normalized spacial score (nSPS) is 12.8. The molecule has 1 atom stereocenters. The number of hydrogen-bond donors (Lipinski definition) is 0. The van der Waals surface area contributed by atoms with E-state index in [4.69, 9.17) is 4.74 Å². The Morgan fingerprint density at radius 1 is 1.47 bits per heavy atom. The van der Waals surface area contributed by atoms with Crippen molar-refractivity contribution in [3.8, 4) is 5.88 Å². The summed E-state index contributed by atoms with van der Waals surface area (Å²) in [7, 11) is 3.63. The highest BCUT2D eigenvalue weighted by Crippen LogP contribution is 2.29. The van der Waals surface area contributed by atoms with Gasteiger partial charge in [-0.2, -0.15) is 5.10 Å². The summed E-state index contributed by atoms with van der Waals surface area (Å²) in [5.74, 6) is 1.44. The summed E-state index contributed by atoms with van der Waals surface area (Å²) in [5.41, 5.74) is 1.23. The van der Waals surface area contributed by atoms with Crippen LogP contribution >= 0.6 is 0 Å². The van der Waals surface area contributed by atoms with Gasteiger partial charge < -0.3 is 4.74 Å². The number of methoxy groups -OCH3 is 1. The zero-order chi connectivity index (χ0) is 11.3. The van der Waals surface area contributed by atoms with E-state index in [0.717, 1.165) is 5.88 Å².